The summed E-state index contributed by atoms with van der Waals surface area (Å²) >= 11 is 0. The van der Waals surface area contributed by atoms with Gasteiger partial charge in [0.1, 0.15) is 0 Å². The van der Waals surface area contributed by atoms with E-state index < -0.39 is 23.9 Å². The van der Waals surface area contributed by atoms with E-state index in [2.05, 4.69) is 24.8 Å². The Bertz CT molecular complexity index is 1020. The van der Waals surface area contributed by atoms with Gasteiger partial charge in [0.15, 0.2) is 6.10 Å². The number of hydrogen-bond donors (Lipinski definition) is 0. The summed E-state index contributed by atoms with van der Waals surface area (Å²) in [6.45, 7) is 2.32. The molecule has 0 saturated carbocycles. The summed E-state index contributed by atoms with van der Waals surface area (Å²) in [5.41, 5.74) is -3.62. The Morgan fingerprint density at radius 3 is 1.86 bits per heavy atom. The second kappa shape index (κ2) is 22.6. The van der Waals surface area contributed by atoms with Crippen LogP contribution in [0.2, 0.25) is 0 Å². The Hall–Kier alpha value is -2.96. The molecule has 1 aromatic carbocycles. The molecule has 0 amide bonds. The van der Waals surface area contributed by atoms with Gasteiger partial charge in [0.25, 0.3) is 5.60 Å². The average Bonchev–Trinajstić information content (AvgIpc) is 2.98. The number of halogens is 3. The van der Waals surface area contributed by atoms with Crippen LogP contribution >= 0.6 is 0 Å². The van der Waals surface area contributed by atoms with Gasteiger partial charge in [0, 0.05) is 12.7 Å². The van der Waals surface area contributed by atoms with Gasteiger partial charge >= 0.3 is 12.1 Å². The summed E-state index contributed by atoms with van der Waals surface area (Å²) in [6, 6.07) is 6.70. The van der Waals surface area contributed by atoms with Gasteiger partial charge in [-0.25, -0.2) is 4.79 Å². The van der Waals surface area contributed by atoms with Gasteiger partial charge in [0.05, 0.1) is 0 Å². The van der Waals surface area contributed by atoms with Crippen LogP contribution < -0.4 is 0 Å². The van der Waals surface area contributed by atoms with E-state index >= 15 is 0 Å². The molecule has 1 rings (SSSR count). The molecular weight excluding hydrogens is 549 g/mol. The molecule has 0 bridgehead atoms. The summed E-state index contributed by atoms with van der Waals surface area (Å²) in [7, 11) is 0.831. The first-order chi connectivity index (χ1) is 20.7. The zero-order valence-corrected chi connectivity index (χ0v) is 26.2. The van der Waals surface area contributed by atoms with Crippen LogP contribution in [0.25, 0.3) is 0 Å². The van der Waals surface area contributed by atoms with Crippen LogP contribution in [0.3, 0.4) is 0 Å². The molecule has 0 aromatic heterocycles. The lowest BCUT2D eigenvalue weighted by molar-refractivity contribution is -0.276. The number of terminal acetylenes is 2. The summed E-state index contributed by atoms with van der Waals surface area (Å²) in [5, 5.41) is 0. The van der Waals surface area contributed by atoms with Crippen molar-refractivity contribution in [2.45, 2.75) is 128 Å². The van der Waals surface area contributed by atoms with Crippen molar-refractivity contribution in [2.24, 2.45) is 5.92 Å². The van der Waals surface area contributed by atoms with Crippen LogP contribution in [0.1, 0.15) is 115 Å². The lowest BCUT2D eigenvalue weighted by Gasteiger charge is -2.32. The molecule has 3 nitrogen and oxygen atoms in total. The molecule has 0 saturated heterocycles. The van der Waals surface area contributed by atoms with Gasteiger partial charge in [-0.1, -0.05) is 138 Å². The van der Waals surface area contributed by atoms with E-state index in [0.29, 0.717) is 12.3 Å². The SMILES string of the molecule is C#C/C=C\CCCCCCCCCCCC(C)CCCCC/C=C/[C@H](C#C)OC(=O)[C@@](OC)(c1ccccc1)C(F)(F)F. The Morgan fingerprint density at radius 1 is 0.837 bits per heavy atom. The molecule has 0 fully saturated rings. The van der Waals surface area contributed by atoms with Crippen LogP contribution in [-0.4, -0.2) is 25.4 Å². The number of rotatable bonds is 23. The number of hydrogen-bond acceptors (Lipinski definition) is 3. The molecule has 6 heteroatoms. The third kappa shape index (κ3) is 14.9. The number of methoxy groups -OCH3 is 1. The zero-order valence-electron chi connectivity index (χ0n) is 26.2. The first-order valence-electron chi connectivity index (χ1n) is 15.8. The highest BCUT2D eigenvalue weighted by Gasteiger charge is 2.64. The summed E-state index contributed by atoms with van der Waals surface area (Å²) < 4.78 is 52.0. The van der Waals surface area contributed by atoms with Crippen molar-refractivity contribution in [1.82, 2.24) is 0 Å². The molecular formula is C37H51F3O3. The molecule has 43 heavy (non-hydrogen) atoms. The third-order valence-electron chi connectivity index (χ3n) is 7.73. The van der Waals surface area contributed by atoms with E-state index in [1.807, 2.05) is 0 Å². The predicted molar refractivity (Wildman–Crippen MR) is 170 cm³/mol. The summed E-state index contributed by atoms with van der Waals surface area (Å²) in [6.07, 6.45) is 30.6. The number of carbonyl (C=O) groups is 1. The second-order valence-corrected chi connectivity index (χ2v) is 11.2. The molecule has 238 valence electrons. The van der Waals surface area contributed by atoms with Crippen LogP contribution in [0.15, 0.2) is 54.6 Å². The van der Waals surface area contributed by atoms with Crippen molar-refractivity contribution in [3.63, 3.8) is 0 Å². The number of esters is 1. The standard InChI is InChI=1S/C37H51F3O3/c1-5-7-8-9-10-11-12-13-14-15-16-18-22-27-32(3)28-23-19-17-20-26-31-34(6-2)43-35(41)36(42-4,37(38,39)40)33-29-24-21-25-30-33/h1-2,7-8,21,24-26,29-32,34H,9-20,22-23,27-28H2,3-4H3/b8-7-,31-26+/t32?,34-,36-/m0/s1. The van der Waals surface area contributed by atoms with E-state index in [-0.39, 0.29) is 5.56 Å². The van der Waals surface area contributed by atoms with Crippen molar-refractivity contribution in [2.75, 3.05) is 7.11 Å². The topological polar surface area (TPSA) is 35.5 Å². The minimum absolute atomic E-state index is 0.368. The maximum atomic E-state index is 14.0. The first kappa shape index (κ1) is 38.1. The fraction of sp³-hybridized carbons (Fsp3) is 0.595. The number of ether oxygens (including phenoxy) is 2. The van der Waals surface area contributed by atoms with Gasteiger partial charge in [-0.15, -0.1) is 12.8 Å². The number of carbonyl (C=O) groups excluding carboxylic acids is 1. The molecule has 0 radical (unpaired) electrons. The molecule has 0 aliphatic heterocycles. The van der Waals surface area contributed by atoms with Gasteiger partial charge in [-0.3, -0.25) is 0 Å². The van der Waals surface area contributed by atoms with Gasteiger partial charge in [-0.2, -0.15) is 13.2 Å². The van der Waals surface area contributed by atoms with Crippen molar-refractivity contribution in [3.8, 4) is 24.7 Å². The Balaban J connectivity index is 2.22. The fourth-order valence-corrected chi connectivity index (χ4v) is 5.15. The number of benzene rings is 1. The molecule has 1 aromatic rings. The minimum Gasteiger partial charge on any atom is -0.442 e. The summed E-state index contributed by atoms with van der Waals surface area (Å²) in [4.78, 5) is 12.8. The molecule has 0 heterocycles. The van der Waals surface area contributed by atoms with Gasteiger partial charge < -0.3 is 9.47 Å². The Labute approximate surface area is 258 Å². The van der Waals surface area contributed by atoms with Crippen LogP contribution in [-0.2, 0) is 19.9 Å². The number of unbranched alkanes of at least 4 members (excludes halogenated alkanes) is 12. The molecule has 0 aliphatic carbocycles. The molecule has 0 aliphatic rings. The lowest BCUT2D eigenvalue weighted by Crippen LogP contribution is -2.52. The Morgan fingerprint density at radius 2 is 1.35 bits per heavy atom. The fourth-order valence-electron chi connectivity index (χ4n) is 5.15. The first-order valence-corrected chi connectivity index (χ1v) is 15.8. The molecule has 0 N–H and O–H groups in total. The van der Waals surface area contributed by atoms with E-state index in [1.165, 1.54) is 101 Å². The molecule has 1 unspecified atom stereocenters. The van der Waals surface area contributed by atoms with E-state index in [1.54, 1.807) is 18.2 Å². The van der Waals surface area contributed by atoms with Crippen molar-refractivity contribution < 1.29 is 27.4 Å². The lowest BCUT2D eigenvalue weighted by atomic mass is 9.92. The number of alkyl halides is 3. The Kier molecular flexibility index (Phi) is 20.0. The molecule has 0 spiro atoms. The second-order valence-electron chi connectivity index (χ2n) is 11.2. The van der Waals surface area contributed by atoms with E-state index in [9.17, 15) is 18.0 Å². The highest BCUT2D eigenvalue weighted by atomic mass is 19.4. The maximum Gasteiger partial charge on any atom is 0.432 e. The van der Waals surface area contributed by atoms with Crippen molar-refractivity contribution >= 4 is 5.97 Å². The maximum absolute atomic E-state index is 14.0. The monoisotopic (exact) mass is 600 g/mol. The average molecular weight is 601 g/mol. The van der Waals surface area contributed by atoms with Crippen LogP contribution in [0.4, 0.5) is 13.2 Å². The predicted octanol–water partition coefficient (Wildman–Crippen LogP) is 10.3. The van der Waals surface area contributed by atoms with Crippen molar-refractivity contribution in [1.29, 1.82) is 0 Å². The largest absolute Gasteiger partial charge is 0.442 e. The van der Waals surface area contributed by atoms with Gasteiger partial charge in [0.2, 0.25) is 0 Å². The highest BCUT2D eigenvalue weighted by molar-refractivity contribution is 5.83. The number of allylic oxidation sites excluding steroid dienone is 3. The van der Waals surface area contributed by atoms with E-state index in [4.69, 9.17) is 22.3 Å². The molecule has 3 atom stereocenters. The van der Waals surface area contributed by atoms with Crippen molar-refractivity contribution in [3.05, 3.63) is 60.2 Å². The zero-order chi connectivity index (χ0) is 31.8. The van der Waals surface area contributed by atoms with Gasteiger partial charge in [-0.05, 0) is 43.8 Å². The third-order valence-corrected chi connectivity index (χ3v) is 7.73. The summed E-state index contributed by atoms with van der Waals surface area (Å²) in [5.74, 6) is 3.89. The van der Waals surface area contributed by atoms with E-state index in [0.717, 1.165) is 32.8 Å². The van der Waals surface area contributed by atoms with Crippen LogP contribution in [0.5, 0.6) is 0 Å². The highest BCUT2D eigenvalue weighted by Crippen LogP contribution is 2.43. The smallest absolute Gasteiger partial charge is 0.432 e. The minimum atomic E-state index is -5.04. The van der Waals surface area contributed by atoms with Crippen LogP contribution in [0, 0.1) is 30.6 Å². The normalized spacial score (nSPS) is 14.7. The quantitative estimate of drug-likeness (QED) is 0.0543.